The third-order valence-electron chi connectivity index (χ3n) is 7.85. The van der Waals surface area contributed by atoms with Crippen LogP contribution in [-0.2, 0) is 32.6 Å². The van der Waals surface area contributed by atoms with Gasteiger partial charge in [0.05, 0.1) is 10.6 Å². The molecule has 45 heavy (non-hydrogen) atoms. The quantitative estimate of drug-likeness (QED) is 0.187. The second kappa shape index (κ2) is 15.0. The summed E-state index contributed by atoms with van der Waals surface area (Å²) < 4.78 is 29.6. The number of carbonyl (C=O) groups is 2. The van der Waals surface area contributed by atoms with Gasteiger partial charge in [0, 0.05) is 19.0 Å². The Morgan fingerprint density at radius 2 is 1.31 bits per heavy atom. The number of rotatable bonds is 13. The van der Waals surface area contributed by atoms with Crippen LogP contribution in [0.25, 0.3) is 0 Å². The van der Waals surface area contributed by atoms with E-state index >= 15 is 0 Å². The molecule has 4 rings (SSSR count). The molecule has 0 saturated heterocycles. The first-order chi connectivity index (χ1) is 21.5. The molecule has 0 spiro atoms. The van der Waals surface area contributed by atoms with E-state index in [-0.39, 0.29) is 29.8 Å². The van der Waals surface area contributed by atoms with E-state index in [1.54, 1.807) is 36.4 Å². The first-order valence-corrected chi connectivity index (χ1v) is 16.8. The zero-order valence-corrected chi connectivity index (χ0v) is 27.6. The summed E-state index contributed by atoms with van der Waals surface area (Å²) in [4.78, 5) is 30.1. The fraction of sp³-hybridized carbons (Fsp3) is 0.297. The average molecular weight is 626 g/mol. The molecule has 0 aliphatic heterocycles. The van der Waals surface area contributed by atoms with Gasteiger partial charge < -0.3 is 10.2 Å². The molecular formula is C37H43N3O4S. The van der Waals surface area contributed by atoms with E-state index in [1.165, 1.54) is 9.21 Å². The van der Waals surface area contributed by atoms with E-state index in [1.807, 2.05) is 101 Å². The highest BCUT2D eigenvalue weighted by Gasteiger charge is 2.35. The van der Waals surface area contributed by atoms with Crippen molar-refractivity contribution in [3.63, 3.8) is 0 Å². The van der Waals surface area contributed by atoms with Crippen LogP contribution in [-0.4, -0.2) is 43.8 Å². The Hall–Kier alpha value is -4.43. The van der Waals surface area contributed by atoms with Crippen LogP contribution in [0, 0.1) is 20.8 Å². The van der Waals surface area contributed by atoms with Crippen LogP contribution < -0.4 is 9.62 Å². The molecule has 0 unspecified atom stereocenters. The highest BCUT2D eigenvalue weighted by molar-refractivity contribution is 7.92. The van der Waals surface area contributed by atoms with Gasteiger partial charge in [-0.05, 0) is 80.6 Å². The van der Waals surface area contributed by atoms with Gasteiger partial charge in [0.25, 0.3) is 10.0 Å². The molecule has 0 bridgehead atoms. The molecule has 0 heterocycles. The molecule has 236 valence electrons. The first kappa shape index (κ1) is 33.5. The van der Waals surface area contributed by atoms with Crippen LogP contribution in [0.4, 0.5) is 5.69 Å². The predicted molar refractivity (Wildman–Crippen MR) is 180 cm³/mol. The minimum absolute atomic E-state index is 0.0880. The molecule has 0 aromatic heterocycles. The van der Waals surface area contributed by atoms with Crippen molar-refractivity contribution >= 4 is 27.5 Å². The minimum Gasteiger partial charge on any atom is -0.352 e. The molecule has 7 nitrogen and oxygen atoms in total. The maximum Gasteiger partial charge on any atom is 0.264 e. The minimum atomic E-state index is -4.15. The number of nitrogens with one attached hydrogen (secondary N) is 1. The number of carbonyl (C=O) groups excluding carboxylic acids is 2. The standard InChI is InChI=1S/C37H43N3O4S/c1-6-30(5)38-37(42)35(24-31-13-9-7-10-14-31)39(25-32-15-11-8-12-16-32)36(41)26-40(33-22-28(3)21-29(4)23-33)45(43,44)34-19-17-27(2)18-20-34/h7-23,30,35H,6,24-26H2,1-5H3,(H,38,42)/t30-,35+/m1/s1. The van der Waals surface area contributed by atoms with Crippen LogP contribution in [0.1, 0.15) is 48.1 Å². The lowest BCUT2D eigenvalue weighted by molar-refractivity contribution is -0.140. The van der Waals surface area contributed by atoms with Gasteiger partial charge in [-0.25, -0.2) is 8.42 Å². The molecule has 0 fully saturated rings. The molecule has 4 aromatic rings. The molecule has 1 N–H and O–H groups in total. The third-order valence-corrected chi connectivity index (χ3v) is 9.64. The number of benzene rings is 4. The summed E-state index contributed by atoms with van der Waals surface area (Å²) >= 11 is 0. The van der Waals surface area contributed by atoms with Crippen molar-refractivity contribution < 1.29 is 18.0 Å². The average Bonchev–Trinajstić information content (AvgIpc) is 3.02. The van der Waals surface area contributed by atoms with Gasteiger partial charge in [-0.15, -0.1) is 0 Å². The zero-order valence-electron chi connectivity index (χ0n) is 26.7. The molecule has 0 radical (unpaired) electrons. The van der Waals surface area contributed by atoms with Crippen molar-refractivity contribution in [2.45, 2.75) is 71.0 Å². The largest absolute Gasteiger partial charge is 0.352 e. The predicted octanol–water partition coefficient (Wildman–Crippen LogP) is 6.36. The fourth-order valence-corrected chi connectivity index (χ4v) is 6.63. The van der Waals surface area contributed by atoms with Crippen molar-refractivity contribution in [2.75, 3.05) is 10.8 Å². The molecule has 0 aliphatic rings. The third kappa shape index (κ3) is 8.82. The Balaban J connectivity index is 1.82. The molecule has 2 amide bonds. The van der Waals surface area contributed by atoms with E-state index < -0.39 is 28.5 Å². The molecular weight excluding hydrogens is 582 g/mol. The summed E-state index contributed by atoms with van der Waals surface area (Å²) in [5, 5.41) is 3.07. The van der Waals surface area contributed by atoms with Crippen LogP contribution >= 0.6 is 0 Å². The molecule has 0 saturated carbocycles. The molecule has 4 aromatic carbocycles. The maximum absolute atomic E-state index is 14.6. The first-order valence-electron chi connectivity index (χ1n) is 15.3. The van der Waals surface area contributed by atoms with Gasteiger partial charge >= 0.3 is 0 Å². The summed E-state index contributed by atoms with van der Waals surface area (Å²) in [6.45, 7) is 9.25. The summed E-state index contributed by atoms with van der Waals surface area (Å²) in [6, 6.07) is 30.1. The zero-order chi connectivity index (χ0) is 32.6. The maximum atomic E-state index is 14.6. The van der Waals surface area contributed by atoms with E-state index in [0.717, 1.165) is 34.2 Å². The number of aryl methyl sites for hydroxylation is 3. The van der Waals surface area contributed by atoms with Crippen LogP contribution in [0.2, 0.25) is 0 Å². The van der Waals surface area contributed by atoms with Gasteiger partial charge in [0.15, 0.2) is 0 Å². The lowest BCUT2D eigenvalue weighted by atomic mass is 10.0. The van der Waals surface area contributed by atoms with E-state index in [2.05, 4.69) is 5.32 Å². The summed E-state index contributed by atoms with van der Waals surface area (Å²) in [5.41, 5.74) is 4.79. The summed E-state index contributed by atoms with van der Waals surface area (Å²) in [5.74, 6) is -0.759. The monoisotopic (exact) mass is 625 g/mol. The second-order valence-electron chi connectivity index (χ2n) is 11.7. The molecule has 0 aliphatic carbocycles. The number of amides is 2. The number of sulfonamides is 1. The van der Waals surface area contributed by atoms with Crippen molar-refractivity contribution in [2.24, 2.45) is 0 Å². The Bertz CT molecular complexity index is 1670. The second-order valence-corrected chi connectivity index (χ2v) is 13.6. The Kier molecular flexibility index (Phi) is 11.2. The lowest BCUT2D eigenvalue weighted by Crippen LogP contribution is -2.54. The van der Waals surface area contributed by atoms with Crippen molar-refractivity contribution in [1.82, 2.24) is 10.2 Å². The van der Waals surface area contributed by atoms with E-state index in [0.29, 0.717) is 5.69 Å². The number of nitrogens with zero attached hydrogens (tertiary/aromatic N) is 2. The van der Waals surface area contributed by atoms with Crippen LogP contribution in [0.5, 0.6) is 0 Å². The van der Waals surface area contributed by atoms with Gasteiger partial charge in [-0.1, -0.05) is 91.3 Å². The van der Waals surface area contributed by atoms with Crippen molar-refractivity contribution in [3.8, 4) is 0 Å². The Morgan fingerprint density at radius 1 is 0.756 bits per heavy atom. The molecule has 8 heteroatoms. The number of hydrogen-bond donors (Lipinski definition) is 1. The normalized spacial score (nSPS) is 12.6. The van der Waals surface area contributed by atoms with Crippen molar-refractivity contribution in [3.05, 3.63) is 131 Å². The number of hydrogen-bond acceptors (Lipinski definition) is 4. The summed E-state index contributed by atoms with van der Waals surface area (Å²) in [7, 11) is -4.15. The van der Waals surface area contributed by atoms with Gasteiger partial charge in [-0.3, -0.25) is 13.9 Å². The Labute approximate surface area is 268 Å². The lowest BCUT2D eigenvalue weighted by Gasteiger charge is -2.34. The van der Waals surface area contributed by atoms with Crippen LogP contribution in [0.15, 0.2) is 108 Å². The van der Waals surface area contributed by atoms with Crippen molar-refractivity contribution in [1.29, 1.82) is 0 Å². The van der Waals surface area contributed by atoms with Gasteiger partial charge in [0.2, 0.25) is 11.8 Å². The highest BCUT2D eigenvalue weighted by atomic mass is 32.2. The van der Waals surface area contributed by atoms with E-state index in [9.17, 15) is 18.0 Å². The van der Waals surface area contributed by atoms with Gasteiger partial charge in [0.1, 0.15) is 12.6 Å². The highest BCUT2D eigenvalue weighted by Crippen LogP contribution is 2.27. The smallest absolute Gasteiger partial charge is 0.264 e. The Morgan fingerprint density at radius 3 is 1.87 bits per heavy atom. The topological polar surface area (TPSA) is 86.8 Å². The van der Waals surface area contributed by atoms with E-state index in [4.69, 9.17) is 0 Å². The van der Waals surface area contributed by atoms with Crippen LogP contribution in [0.3, 0.4) is 0 Å². The molecule has 2 atom stereocenters. The number of anilines is 1. The van der Waals surface area contributed by atoms with Gasteiger partial charge in [-0.2, -0.15) is 0 Å². The SMILES string of the molecule is CC[C@@H](C)NC(=O)[C@H](Cc1ccccc1)N(Cc1ccccc1)C(=O)CN(c1cc(C)cc(C)c1)S(=O)(=O)c1ccc(C)cc1. The summed E-state index contributed by atoms with van der Waals surface area (Å²) in [6.07, 6.45) is 1.00. The fourth-order valence-electron chi connectivity index (χ4n) is 5.24.